The molecule has 12 heteroatoms. The van der Waals surface area contributed by atoms with Gasteiger partial charge in [-0.2, -0.15) is 0 Å². The first kappa shape index (κ1) is 27.3. The largest absolute Gasteiger partial charge is 0.480 e. The Balaban J connectivity index is 5.55. The van der Waals surface area contributed by atoms with Gasteiger partial charge in [-0.15, -0.1) is 0 Å². The second-order valence-corrected chi connectivity index (χ2v) is 7.29. The second kappa shape index (κ2) is 12.8. The van der Waals surface area contributed by atoms with Crippen molar-refractivity contribution in [2.24, 2.45) is 17.4 Å². The smallest absolute Gasteiger partial charge is 0.328 e. The third kappa shape index (κ3) is 9.18. The highest BCUT2D eigenvalue weighted by atomic mass is 16.4. The lowest BCUT2D eigenvalue weighted by Crippen LogP contribution is -2.59. The first-order valence-electron chi connectivity index (χ1n) is 9.67. The number of hydrogen-bond acceptors (Lipinski definition) is 7. The molecule has 4 amide bonds. The van der Waals surface area contributed by atoms with Crippen molar-refractivity contribution in [2.45, 2.75) is 77.2 Å². The molecule has 0 aromatic rings. The van der Waals surface area contributed by atoms with E-state index < -0.39 is 59.9 Å². The fourth-order valence-electron chi connectivity index (χ4n) is 2.45. The molecule has 12 nitrogen and oxygen atoms in total. The van der Waals surface area contributed by atoms with Crippen molar-refractivity contribution < 1.29 is 34.2 Å². The normalized spacial score (nSPS) is 16.9. The molecule has 0 heterocycles. The Bertz CT molecular complexity index is 638. The van der Waals surface area contributed by atoms with E-state index in [-0.39, 0.29) is 18.8 Å². The lowest BCUT2D eigenvalue weighted by molar-refractivity contribution is -0.145. The topological polar surface area (TPSA) is 214 Å². The van der Waals surface area contributed by atoms with Crippen molar-refractivity contribution in [3.8, 4) is 0 Å². The van der Waals surface area contributed by atoms with Gasteiger partial charge in [-0.05, 0) is 26.2 Å². The molecule has 0 radical (unpaired) electrons. The molecule has 9 N–H and O–H groups in total. The standard InChI is InChI=1S/C18H33N5O7/c1-5-8(2)13(22-15(26)9(3)19)17(28)21-11(6-7-12(20)25)16(27)23-14(10(4)24)18(29)30/h8-11,13-14,24H,5-7,19H2,1-4H3,(H2,20,25)(H,21,28)(H,22,26)(H,23,27)(H,29,30). The summed E-state index contributed by atoms with van der Waals surface area (Å²) in [6.07, 6.45) is -1.34. The van der Waals surface area contributed by atoms with E-state index in [9.17, 15) is 29.1 Å². The molecular formula is C18H33N5O7. The zero-order chi connectivity index (χ0) is 23.6. The molecule has 0 bridgehead atoms. The van der Waals surface area contributed by atoms with Crippen LogP contribution in [0, 0.1) is 5.92 Å². The Morgan fingerprint density at radius 1 is 0.900 bits per heavy atom. The summed E-state index contributed by atoms with van der Waals surface area (Å²) in [6.45, 7) is 6.16. The number of nitrogens with two attached hydrogens (primary N) is 2. The summed E-state index contributed by atoms with van der Waals surface area (Å²) in [5.74, 6) is -4.69. The Kier molecular flexibility index (Phi) is 11.6. The van der Waals surface area contributed by atoms with Gasteiger partial charge in [0.05, 0.1) is 12.1 Å². The fourth-order valence-corrected chi connectivity index (χ4v) is 2.45. The zero-order valence-corrected chi connectivity index (χ0v) is 17.7. The van der Waals surface area contributed by atoms with Gasteiger partial charge in [-0.25, -0.2) is 4.79 Å². The molecule has 0 spiro atoms. The second-order valence-electron chi connectivity index (χ2n) is 7.29. The lowest BCUT2D eigenvalue weighted by atomic mass is 9.97. The average molecular weight is 431 g/mol. The van der Waals surface area contributed by atoms with Crippen LogP contribution in [-0.4, -0.2) is 70.1 Å². The van der Waals surface area contributed by atoms with Crippen LogP contribution in [0.5, 0.6) is 0 Å². The van der Waals surface area contributed by atoms with Crippen molar-refractivity contribution in [3.05, 3.63) is 0 Å². The molecule has 6 atom stereocenters. The van der Waals surface area contributed by atoms with Crippen molar-refractivity contribution in [1.29, 1.82) is 0 Å². The van der Waals surface area contributed by atoms with Crippen LogP contribution in [0.3, 0.4) is 0 Å². The minimum Gasteiger partial charge on any atom is -0.480 e. The molecule has 0 aliphatic carbocycles. The van der Waals surface area contributed by atoms with Crippen LogP contribution in [-0.2, 0) is 24.0 Å². The van der Waals surface area contributed by atoms with E-state index in [0.717, 1.165) is 0 Å². The average Bonchev–Trinajstić information content (AvgIpc) is 2.65. The highest BCUT2D eigenvalue weighted by Crippen LogP contribution is 2.10. The maximum Gasteiger partial charge on any atom is 0.328 e. The van der Waals surface area contributed by atoms with E-state index in [0.29, 0.717) is 6.42 Å². The van der Waals surface area contributed by atoms with Gasteiger partial charge in [0.15, 0.2) is 6.04 Å². The summed E-state index contributed by atoms with van der Waals surface area (Å²) in [4.78, 5) is 59.6. The molecule has 0 aliphatic rings. The number of carbonyl (C=O) groups excluding carboxylic acids is 4. The molecule has 0 saturated carbocycles. The van der Waals surface area contributed by atoms with Crippen molar-refractivity contribution >= 4 is 29.6 Å². The highest BCUT2D eigenvalue weighted by molar-refractivity contribution is 5.94. The van der Waals surface area contributed by atoms with Gasteiger partial charge in [0.25, 0.3) is 0 Å². The minimum atomic E-state index is -1.62. The van der Waals surface area contributed by atoms with Crippen LogP contribution in [0.1, 0.15) is 47.0 Å². The molecule has 172 valence electrons. The molecule has 0 fully saturated rings. The van der Waals surface area contributed by atoms with Crippen LogP contribution in [0.15, 0.2) is 0 Å². The number of carboxylic acids is 1. The Labute approximate surface area is 175 Å². The SMILES string of the molecule is CCC(C)C(NC(=O)C(C)N)C(=O)NC(CCC(N)=O)C(=O)NC(C(=O)O)C(C)O. The van der Waals surface area contributed by atoms with Gasteiger partial charge in [0, 0.05) is 6.42 Å². The van der Waals surface area contributed by atoms with E-state index in [4.69, 9.17) is 16.6 Å². The molecule has 0 aromatic carbocycles. The quantitative estimate of drug-likeness (QED) is 0.166. The number of hydrogen-bond donors (Lipinski definition) is 7. The molecule has 0 rings (SSSR count). The third-order valence-electron chi connectivity index (χ3n) is 4.57. The maximum atomic E-state index is 12.8. The van der Waals surface area contributed by atoms with Gasteiger partial charge in [-0.3, -0.25) is 19.2 Å². The Morgan fingerprint density at radius 2 is 1.43 bits per heavy atom. The molecule has 6 unspecified atom stereocenters. The number of aliphatic hydroxyl groups is 1. The van der Waals surface area contributed by atoms with Crippen LogP contribution in [0.2, 0.25) is 0 Å². The Morgan fingerprint density at radius 3 is 1.83 bits per heavy atom. The molecule has 0 aromatic heterocycles. The molecule has 0 saturated heterocycles. The summed E-state index contributed by atoms with van der Waals surface area (Å²) in [6, 6.07) is -4.80. The number of amides is 4. The number of nitrogens with one attached hydrogen (secondary N) is 3. The number of carbonyl (C=O) groups is 5. The van der Waals surface area contributed by atoms with E-state index >= 15 is 0 Å². The fraction of sp³-hybridized carbons (Fsp3) is 0.722. The van der Waals surface area contributed by atoms with E-state index in [1.807, 2.05) is 0 Å². The summed E-state index contributed by atoms with van der Waals surface area (Å²) < 4.78 is 0. The lowest BCUT2D eigenvalue weighted by Gasteiger charge is -2.27. The monoisotopic (exact) mass is 431 g/mol. The molecule has 30 heavy (non-hydrogen) atoms. The van der Waals surface area contributed by atoms with Gasteiger partial charge in [0.2, 0.25) is 23.6 Å². The van der Waals surface area contributed by atoms with Crippen molar-refractivity contribution in [3.63, 3.8) is 0 Å². The number of aliphatic carboxylic acids is 1. The van der Waals surface area contributed by atoms with Crippen molar-refractivity contribution in [2.75, 3.05) is 0 Å². The van der Waals surface area contributed by atoms with Crippen LogP contribution < -0.4 is 27.4 Å². The number of aliphatic hydroxyl groups excluding tert-OH is 1. The summed E-state index contributed by atoms with van der Waals surface area (Å²) in [7, 11) is 0. The van der Waals surface area contributed by atoms with Gasteiger partial charge in [0.1, 0.15) is 12.1 Å². The highest BCUT2D eigenvalue weighted by Gasteiger charge is 2.33. The zero-order valence-electron chi connectivity index (χ0n) is 17.7. The van der Waals surface area contributed by atoms with Gasteiger partial charge >= 0.3 is 5.97 Å². The predicted molar refractivity (Wildman–Crippen MR) is 107 cm³/mol. The minimum absolute atomic E-state index is 0.201. The summed E-state index contributed by atoms with van der Waals surface area (Å²) in [5.41, 5.74) is 10.6. The van der Waals surface area contributed by atoms with E-state index in [2.05, 4.69) is 16.0 Å². The number of rotatable bonds is 13. The van der Waals surface area contributed by atoms with Crippen LogP contribution in [0.4, 0.5) is 0 Å². The number of carboxylic acid groups (broad SMARTS) is 1. The maximum absolute atomic E-state index is 12.8. The Hall–Kier alpha value is -2.73. The first-order valence-corrected chi connectivity index (χ1v) is 9.67. The molecule has 0 aliphatic heterocycles. The van der Waals surface area contributed by atoms with Gasteiger partial charge < -0.3 is 37.6 Å². The van der Waals surface area contributed by atoms with Crippen LogP contribution >= 0.6 is 0 Å². The number of primary amides is 1. The van der Waals surface area contributed by atoms with Crippen LogP contribution in [0.25, 0.3) is 0 Å². The van der Waals surface area contributed by atoms with E-state index in [1.54, 1.807) is 13.8 Å². The predicted octanol–water partition coefficient (Wildman–Crippen LogP) is -2.43. The summed E-state index contributed by atoms with van der Waals surface area (Å²) >= 11 is 0. The van der Waals surface area contributed by atoms with Crippen molar-refractivity contribution in [1.82, 2.24) is 16.0 Å². The van der Waals surface area contributed by atoms with Gasteiger partial charge in [-0.1, -0.05) is 20.3 Å². The summed E-state index contributed by atoms with van der Waals surface area (Å²) in [5, 5.41) is 25.7. The molecular weight excluding hydrogens is 398 g/mol. The van der Waals surface area contributed by atoms with E-state index in [1.165, 1.54) is 13.8 Å². The third-order valence-corrected chi connectivity index (χ3v) is 4.57. The first-order chi connectivity index (χ1) is 13.8.